The molecule has 164 valence electrons. The van der Waals surface area contributed by atoms with E-state index in [9.17, 15) is 18.4 Å². The normalized spacial score (nSPS) is 14.9. The number of amides is 1. The highest BCUT2D eigenvalue weighted by molar-refractivity contribution is 6.00. The number of rotatable bonds is 3. The molecule has 0 saturated carbocycles. The lowest BCUT2D eigenvalue weighted by Crippen LogP contribution is -2.40. The van der Waals surface area contributed by atoms with Crippen LogP contribution in [0.1, 0.15) is 29.2 Å². The van der Waals surface area contributed by atoms with Crippen molar-refractivity contribution in [3.8, 4) is 11.3 Å². The SMILES string of the molecule is Cn1cc(C(=O)N2CCC(n3c(=O)[nH]c4ccccc43)CC2)c(-c2ccc(F)cc2F)n1. The molecule has 1 aliphatic heterocycles. The third kappa shape index (κ3) is 3.39. The molecule has 1 aliphatic rings. The highest BCUT2D eigenvalue weighted by Crippen LogP contribution is 2.29. The number of para-hydroxylation sites is 2. The number of carbonyl (C=O) groups is 1. The van der Waals surface area contributed by atoms with Gasteiger partial charge in [-0.05, 0) is 37.1 Å². The second-order valence-corrected chi connectivity index (χ2v) is 8.03. The lowest BCUT2D eigenvalue weighted by atomic mass is 10.0. The summed E-state index contributed by atoms with van der Waals surface area (Å²) in [6, 6.07) is 10.7. The zero-order valence-electron chi connectivity index (χ0n) is 17.4. The van der Waals surface area contributed by atoms with Crippen LogP contribution in [-0.4, -0.2) is 43.2 Å². The van der Waals surface area contributed by atoms with E-state index in [0.29, 0.717) is 25.9 Å². The molecular formula is C23H21F2N5O2. The van der Waals surface area contributed by atoms with Gasteiger partial charge in [0.15, 0.2) is 0 Å². The van der Waals surface area contributed by atoms with Gasteiger partial charge in [0.05, 0.1) is 16.6 Å². The zero-order valence-corrected chi connectivity index (χ0v) is 17.4. The van der Waals surface area contributed by atoms with Crippen molar-refractivity contribution in [1.82, 2.24) is 24.2 Å². The van der Waals surface area contributed by atoms with Crippen molar-refractivity contribution < 1.29 is 13.6 Å². The molecule has 1 N–H and O–H groups in total. The minimum Gasteiger partial charge on any atom is -0.338 e. The van der Waals surface area contributed by atoms with Crippen LogP contribution in [0.2, 0.25) is 0 Å². The molecule has 0 unspecified atom stereocenters. The average Bonchev–Trinajstić information content (AvgIpc) is 3.32. The molecule has 0 bridgehead atoms. The van der Waals surface area contributed by atoms with E-state index in [1.165, 1.54) is 10.7 Å². The summed E-state index contributed by atoms with van der Waals surface area (Å²) in [6.07, 6.45) is 2.79. The van der Waals surface area contributed by atoms with Gasteiger partial charge in [-0.15, -0.1) is 0 Å². The highest BCUT2D eigenvalue weighted by Gasteiger charge is 2.29. The number of likely N-dealkylation sites (tertiary alicyclic amines) is 1. The van der Waals surface area contributed by atoms with Crippen molar-refractivity contribution in [2.75, 3.05) is 13.1 Å². The fourth-order valence-corrected chi connectivity index (χ4v) is 4.46. The standard InChI is InChI=1S/C23H21F2N5O2/c1-28-13-17(21(27-28)16-7-6-14(24)12-18(16)25)22(31)29-10-8-15(9-11-29)30-20-5-3-2-4-19(20)26-23(30)32/h2-7,12-13,15H,8-11H2,1H3,(H,26,32). The average molecular weight is 437 g/mol. The second-order valence-electron chi connectivity index (χ2n) is 8.03. The largest absolute Gasteiger partial charge is 0.338 e. The van der Waals surface area contributed by atoms with E-state index < -0.39 is 11.6 Å². The molecule has 5 rings (SSSR count). The maximum absolute atomic E-state index is 14.4. The fourth-order valence-electron chi connectivity index (χ4n) is 4.46. The van der Waals surface area contributed by atoms with E-state index >= 15 is 0 Å². The summed E-state index contributed by atoms with van der Waals surface area (Å²) < 4.78 is 30.9. The molecule has 2 aromatic carbocycles. The first kappa shape index (κ1) is 20.2. The molecule has 1 amide bonds. The van der Waals surface area contributed by atoms with E-state index in [4.69, 9.17) is 0 Å². The molecule has 7 nitrogen and oxygen atoms in total. The number of hydrogen-bond donors (Lipinski definition) is 1. The fraction of sp³-hybridized carbons (Fsp3) is 0.261. The van der Waals surface area contributed by atoms with Gasteiger partial charge >= 0.3 is 5.69 Å². The quantitative estimate of drug-likeness (QED) is 0.533. The summed E-state index contributed by atoms with van der Waals surface area (Å²) in [4.78, 5) is 30.3. The van der Waals surface area contributed by atoms with E-state index in [2.05, 4.69) is 10.1 Å². The predicted molar refractivity (Wildman–Crippen MR) is 115 cm³/mol. The number of fused-ring (bicyclic) bond motifs is 1. The third-order valence-electron chi connectivity index (χ3n) is 5.99. The van der Waals surface area contributed by atoms with Crippen molar-refractivity contribution in [3.05, 3.63) is 76.3 Å². The summed E-state index contributed by atoms with van der Waals surface area (Å²) in [5.41, 5.74) is 2.01. The maximum atomic E-state index is 14.4. The van der Waals surface area contributed by atoms with Gasteiger partial charge < -0.3 is 9.88 Å². The van der Waals surface area contributed by atoms with Crippen molar-refractivity contribution >= 4 is 16.9 Å². The second kappa shape index (κ2) is 7.74. The monoisotopic (exact) mass is 437 g/mol. The minimum atomic E-state index is -0.768. The van der Waals surface area contributed by atoms with Gasteiger partial charge in [0.2, 0.25) is 0 Å². The Morgan fingerprint density at radius 1 is 1.12 bits per heavy atom. The summed E-state index contributed by atoms with van der Waals surface area (Å²) in [7, 11) is 1.65. The van der Waals surface area contributed by atoms with Crippen molar-refractivity contribution in [3.63, 3.8) is 0 Å². The molecule has 2 aromatic heterocycles. The molecule has 1 saturated heterocycles. The number of nitrogens with zero attached hydrogens (tertiary/aromatic N) is 4. The van der Waals surface area contributed by atoms with Crippen LogP contribution in [0.25, 0.3) is 22.3 Å². The van der Waals surface area contributed by atoms with Crippen molar-refractivity contribution in [1.29, 1.82) is 0 Å². The molecule has 0 spiro atoms. The Morgan fingerprint density at radius 3 is 2.62 bits per heavy atom. The molecule has 1 fully saturated rings. The van der Waals surface area contributed by atoms with E-state index in [1.807, 2.05) is 24.3 Å². The molecule has 32 heavy (non-hydrogen) atoms. The van der Waals surface area contributed by atoms with Gasteiger partial charge in [0, 0.05) is 44.0 Å². The number of halogens is 2. The van der Waals surface area contributed by atoms with Gasteiger partial charge in [-0.25, -0.2) is 13.6 Å². The lowest BCUT2D eigenvalue weighted by molar-refractivity contribution is 0.0695. The zero-order chi connectivity index (χ0) is 22.4. The van der Waals surface area contributed by atoms with Crippen LogP contribution in [-0.2, 0) is 7.05 Å². The summed E-state index contributed by atoms with van der Waals surface area (Å²) in [6.45, 7) is 0.908. The van der Waals surface area contributed by atoms with E-state index in [0.717, 1.165) is 23.2 Å². The Kier molecular flexibility index (Phi) is 4.88. The summed E-state index contributed by atoms with van der Waals surface area (Å²) in [5.74, 6) is -1.72. The number of H-pyrrole nitrogens is 1. The molecular weight excluding hydrogens is 416 g/mol. The number of carbonyl (C=O) groups excluding carboxylic acids is 1. The first-order chi connectivity index (χ1) is 15.4. The van der Waals surface area contributed by atoms with Crippen LogP contribution in [0.3, 0.4) is 0 Å². The van der Waals surface area contributed by atoms with Gasteiger partial charge in [0.1, 0.15) is 17.3 Å². The highest BCUT2D eigenvalue weighted by atomic mass is 19.1. The van der Waals surface area contributed by atoms with Crippen LogP contribution >= 0.6 is 0 Å². The Labute approximate surface area is 181 Å². The molecule has 4 aromatic rings. The van der Waals surface area contributed by atoms with Crippen molar-refractivity contribution in [2.45, 2.75) is 18.9 Å². The molecule has 0 radical (unpaired) electrons. The Balaban J connectivity index is 1.39. The number of imidazole rings is 1. The summed E-state index contributed by atoms with van der Waals surface area (Å²) in [5, 5.41) is 4.25. The maximum Gasteiger partial charge on any atom is 0.326 e. The van der Waals surface area contributed by atoms with E-state index in [-0.39, 0.29) is 34.5 Å². The van der Waals surface area contributed by atoms with Crippen LogP contribution in [0.15, 0.2) is 53.5 Å². The number of nitrogens with one attached hydrogen (secondary N) is 1. The van der Waals surface area contributed by atoms with Gasteiger partial charge in [-0.2, -0.15) is 5.10 Å². The van der Waals surface area contributed by atoms with Gasteiger partial charge in [0.25, 0.3) is 5.91 Å². The Morgan fingerprint density at radius 2 is 1.88 bits per heavy atom. The third-order valence-corrected chi connectivity index (χ3v) is 5.99. The number of hydrogen-bond acceptors (Lipinski definition) is 3. The van der Waals surface area contributed by atoms with Crippen LogP contribution in [0.5, 0.6) is 0 Å². The Hall–Kier alpha value is -3.75. The number of aryl methyl sites for hydroxylation is 1. The number of piperidine rings is 1. The van der Waals surface area contributed by atoms with Gasteiger partial charge in [-0.1, -0.05) is 12.1 Å². The summed E-state index contributed by atoms with van der Waals surface area (Å²) >= 11 is 0. The molecule has 0 aliphatic carbocycles. The van der Waals surface area contributed by atoms with Crippen LogP contribution in [0.4, 0.5) is 8.78 Å². The van der Waals surface area contributed by atoms with Crippen molar-refractivity contribution in [2.24, 2.45) is 7.05 Å². The molecule has 0 atom stereocenters. The van der Waals surface area contributed by atoms with Crippen LogP contribution in [0, 0.1) is 11.6 Å². The lowest BCUT2D eigenvalue weighted by Gasteiger charge is -2.32. The first-order valence-electron chi connectivity index (χ1n) is 10.4. The predicted octanol–water partition coefficient (Wildman–Crippen LogP) is 3.49. The van der Waals surface area contributed by atoms with Gasteiger partial charge in [-0.3, -0.25) is 14.0 Å². The Bertz CT molecular complexity index is 1380. The topological polar surface area (TPSA) is 75.9 Å². The van der Waals surface area contributed by atoms with Crippen LogP contribution < -0.4 is 5.69 Å². The number of benzene rings is 2. The minimum absolute atomic E-state index is 0.0226. The molecule has 9 heteroatoms. The van der Waals surface area contributed by atoms with E-state index in [1.54, 1.807) is 22.7 Å². The number of aromatic amines is 1. The smallest absolute Gasteiger partial charge is 0.326 e. The first-order valence-corrected chi connectivity index (χ1v) is 10.4. The molecule has 3 heterocycles. The number of aromatic nitrogens is 4.